The van der Waals surface area contributed by atoms with E-state index in [0.29, 0.717) is 0 Å². The Balaban J connectivity index is 1.29. The standard InChI is InChI=1S/C30H47F/c1-3-5-6-7-8-24-9-11-25(12-10-24)13-14-26-15-17-27(18-16-26)19-20-28-21-22-29(4-2)30(31)23-28/h17,21-26H,3-16,18-20H2,1-2H3. The summed E-state index contributed by atoms with van der Waals surface area (Å²) in [5, 5.41) is 0. The minimum Gasteiger partial charge on any atom is -0.207 e. The summed E-state index contributed by atoms with van der Waals surface area (Å²) in [7, 11) is 0. The molecule has 0 aromatic heterocycles. The first-order valence-electron chi connectivity index (χ1n) is 13.6. The van der Waals surface area contributed by atoms with Gasteiger partial charge in [0.25, 0.3) is 0 Å². The van der Waals surface area contributed by atoms with E-state index < -0.39 is 0 Å². The largest absolute Gasteiger partial charge is 0.207 e. The van der Waals surface area contributed by atoms with Crippen molar-refractivity contribution in [2.24, 2.45) is 17.8 Å². The maximum Gasteiger partial charge on any atom is 0.126 e. The molecule has 0 saturated heterocycles. The lowest BCUT2D eigenvalue weighted by Crippen LogP contribution is -2.16. The summed E-state index contributed by atoms with van der Waals surface area (Å²) < 4.78 is 14.0. The van der Waals surface area contributed by atoms with E-state index in [-0.39, 0.29) is 5.82 Å². The summed E-state index contributed by atoms with van der Waals surface area (Å²) in [6.45, 7) is 4.32. The highest BCUT2D eigenvalue weighted by Gasteiger charge is 2.22. The van der Waals surface area contributed by atoms with Crippen molar-refractivity contribution in [2.75, 3.05) is 0 Å². The number of unbranched alkanes of at least 4 members (excludes halogenated alkanes) is 3. The molecule has 0 amide bonds. The topological polar surface area (TPSA) is 0 Å². The van der Waals surface area contributed by atoms with Crippen LogP contribution in [0.2, 0.25) is 0 Å². The minimum atomic E-state index is -0.0248. The second-order valence-electron chi connectivity index (χ2n) is 10.6. The monoisotopic (exact) mass is 426 g/mol. The van der Waals surface area contributed by atoms with Crippen LogP contribution >= 0.6 is 0 Å². The summed E-state index contributed by atoms with van der Waals surface area (Å²) in [6, 6.07) is 5.84. The number of allylic oxidation sites excluding steroid dienone is 2. The van der Waals surface area contributed by atoms with Gasteiger partial charge in [0.15, 0.2) is 0 Å². The zero-order valence-corrected chi connectivity index (χ0v) is 20.4. The SMILES string of the molecule is CCCCCCC1CCC(CCC2CC=C(CCc3ccc(CC)c(F)c3)CC2)CC1. The molecular weight excluding hydrogens is 379 g/mol. The summed E-state index contributed by atoms with van der Waals surface area (Å²) in [4.78, 5) is 0. The molecule has 174 valence electrons. The number of hydrogen-bond acceptors (Lipinski definition) is 0. The van der Waals surface area contributed by atoms with Crippen LogP contribution in [0.5, 0.6) is 0 Å². The van der Waals surface area contributed by atoms with Crippen molar-refractivity contribution < 1.29 is 4.39 Å². The number of rotatable bonds is 12. The molecule has 0 N–H and O–H groups in total. The average molecular weight is 427 g/mol. The maximum absolute atomic E-state index is 14.0. The number of aryl methyl sites for hydroxylation is 2. The van der Waals surface area contributed by atoms with Crippen molar-refractivity contribution in [3.8, 4) is 0 Å². The van der Waals surface area contributed by atoms with Crippen LogP contribution in [-0.4, -0.2) is 0 Å². The molecule has 1 aromatic rings. The Morgan fingerprint density at radius 2 is 1.55 bits per heavy atom. The van der Waals surface area contributed by atoms with Crippen molar-refractivity contribution in [2.45, 2.75) is 123 Å². The van der Waals surface area contributed by atoms with Crippen molar-refractivity contribution in [3.05, 3.63) is 46.8 Å². The van der Waals surface area contributed by atoms with Crippen molar-refractivity contribution in [3.63, 3.8) is 0 Å². The van der Waals surface area contributed by atoms with E-state index in [4.69, 9.17) is 0 Å². The lowest BCUT2D eigenvalue weighted by Gasteiger charge is -2.30. The zero-order valence-electron chi connectivity index (χ0n) is 20.4. The molecule has 1 heteroatoms. The van der Waals surface area contributed by atoms with Crippen LogP contribution in [0.3, 0.4) is 0 Å². The molecule has 0 aliphatic heterocycles. The molecule has 0 spiro atoms. The highest BCUT2D eigenvalue weighted by atomic mass is 19.1. The predicted molar refractivity (Wildman–Crippen MR) is 133 cm³/mol. The van der Waals surface area contributed by atoms with Gasteiger partial charge in [0.1, 0.15) is 5.82 Å². The Bertz CT molecular complexity index is 665. The highest BCUT2D eigenvalue weighted by Crippen LogP contribution is 2.37. The molecule has 0 bridgehead atoms. The Hall–Kier alpha value is -1.11. The minimum absolute atomic E-state index is 0.0248. The van der Waals surface area contributed by atoms with E-state index in [2.05, 4.69) is 19.1 Å². The lowest BCUT2D eigenvalue weighted by atomic mass is 9.76. The van der Waals surface area contributed by atoms with Gasteiger partial charge in [0.2, 0.25) is 0 Å². The summed E-state index contributed by atoms with van der Waals surface area (Å²) in [5.41, 5.74) is 3.60. The molecule has 0 radical (unpaired) electrons. The Morgan fingerprint density at radius 3 is 2.19 bits per heavy atom. The zero-order chi connectivity index (χ0) is 21.9. The van der Waals surface area contributed by atoms with Crippen molar-refractivity contribution >= 4 is 0 Å². The molecular formula is C30H47F. The van der Waals surface area contributed by atoms with Gasteiger partial charge in [-0.1, -0.05) is 102 Å². The van der Waals surface area contributed by atoms with Gasteiger partial charge in [-0.3, -0.25) is 0 Å². The van der Waals surface area contributed by atoms with Crippen LogP contribution in [0.25, 0.3) is 0 Å². The number of halogens is 1. The van der Waals surface area contributed by atoms with Gasteiger partial charge in [-0.05, 0) is 79.9 Å². The molecule has 1 saturated carbocycles. The summed E-state index contributed by atoms with van der Waals surface area (Å²) in [5.74, 6) is 2.94. The van der Waals surface area contributed by atoms with Gasteiger partial charge in [-0.15, -0.1) is 0 Å². The first kappa shape index (κ1) is 24.5. The Labute approximate surface area is 192 Å². The highest BCUT2D eigenvalue weighted by molar-refractivity contribution is 5.25. The molecule has 31 heavy (non-hydrogen) atoms. The lowest BCUT2D eigenvalue weighted by molar-refractivity contribution is 0.234. The normalized spacial score (nSPS) is 24.2. The van der Waals surface area contributed by atoms with Gasteiger partial charge in [-0.2, -0.15) is 0 Å². The van der Waals surface area contributed by atoms with Crippen LogP contribution in [-0.2, 0) is 12.8 Å². The van der Waals surface area contributed by atoms with Crippen LogP contribution < -0.4 is 0 Å². The number of hydrogen-bond donors (Lipinski definition) is 0. The van der Waals surface area contributed by atoms with Crippen LogP contribution in [0.4, 0.5) is 4.39 Å². The van der Waals surface area contributed by atoms with Crippen LogP contribution in [0.1, 0.15) is 121 Å². The van der Waals surface area contributed by atoms with Crippen molar-refractivity contribution in [1.82, 2.24) is 0 Å². The average Bonchev–Trinajstić information content (AvgIpc) is 2.81. The van der Waals surface area contributed by atoms with Gasteiger partial charge >= 0.3 is 0 Å². The first-order valence-corrected chi connectivity index (χ1v) is 13.6. The quantitative estimate of drug-likeness (QED) is 0.230. The van der Waals surface area contributed by atoms with E-state index in [1.807, 2.05) is 13.0 Å². The third-order valence-electron chi connectivity index (χ3n) is 8.26. The van der Waals surface area contributed by atoms with Crippen LogP contribution in [0.15, 0.2) is 29.8 Å². The van der Waals surface area contributed by atoms with Crippen molar-refractivity contribution in [1.29, 1.82) is 0 Å². The molecule has 2 aliphatic rings. The molecule has 0 heterocycles. The van der Waals surface area contributed by atoms with Gasteiger partial charge in [0, 0.05) is 0 Å². The van der Waals surface area contributed by atoms with E-state index in [1.54, 1.807) is 11.6 Å². The Kier molecular flexibility index (Phi) is 10.6. The third-order valence-corrected chi connectivity index (χ3v) is 8.26. The van der Waals surface area contributed by atoms with E-state index in [1.165, 1.54) is 89.9 Å². The van der Waals surface area contributed by atoms with E-state index >= 15 is 0 Å². The van der Waals surface area contributed by atoms with Crippen LogP contribution in [0, 0.1) is 23.6 Å². The van der Waals surface area contributed by atoms with Gasteiger partial charge in [-0.25, -0.2) is 4.39 Å². The molecule has 0 nitrogen and oxygen atoms in total. The molecule has 1 fully saturated rings. The van der Waals surface area contributed by atoms with E-state index in [0.717, 1.165) is 48.1 Å². The molecule has 1 atom stereocenters. The summed E-state index contributed by atoms with van der Waals surface area (Å²) >= 11 is 0. The Morgan fingerprint density at radius 1 is 0.806 bits per heavy atom. The number of benzene rings is 1. The third kappa shape index (κ3) is 8.39. The fourth-order valence-electron chi connectivity index (χ4n) is 5.91. The molecule has 1 unspecified atom stereocenters. The van der Waals surface area contributed by atoms with Gasteiger partial charge in [0.05, 0.1) is 0 Å². The predicted octanol–water partition coefficient (Wildman–Crippen LogP) is 9.60. The molecule has 2 aliphatic carbocycles. The first-order chi connectivity index (χ1) is 15.2. The smallest absolute Gasteiger partial charge is 0.126 e. The van der Waals surface area contributed by atoms with Gasteiger partial charge < -0.3 is 0 Å². The van der Waals surface area contributed by atoms with E-state index in [9.17, 15) is 4.39 Å². The fourth-order valence-corrected chi connectivity index (χ4v) is 5.91. The fraction of sp³-hybridized carbons (Fsp3) is 0.733. The molecule has 1 aromatic carbocycles. The second kappa shape index (κ2) is 13.4. The summed E-state index contributed by atoms with van der Waals surface area (Å²) in [6.07, 6.45) is 25.5. The molecule has 3 rings (SSSR count). The maximum atomic E-state index is 14.0. The second-order valence-corrected chi connectivity index (χ2v) is 10.6.